The van der Waals surface area contributed by atoms with Crippen LogP contribution in [0.2, 0.25) is 0 Å². The van der Waals surface area contributed by atoms with Crippen molar-refractivity contribution in [3.8, 4) is 0 Å². The second-order valence-electron chi connectivity index (χ2n) is 1.26. The standard InChI is InChI=1S/C4H10O.Ba.2H/c1-3-4(2)5;;;/h4-5H,3H2,1-2H3;;;. The molecule has 0 aromatic heterocycles. The molecule has 2 heteroatoms. The molecule has 0 saturated carbocycles. The first-order valence-electron chi connectivity index (χ1n) is 1.95. The second kappa shape index (κ2) is 6.53. The average Bonchev–Trinajstić information content (AvgIpc) is 1.38. The van der Waals surface area contributed by atoms with Gasteiger partial charge in [-0.2, -0.15) is 0 Å². The molecule has 1 unspecified atom stereocenters. The molecule has 0 saturated heterocycles. The van der Waals surface area contributed by atoms with E-state index in [-0.39, 0.29) is 55.0 Å². The molecule has 0 rings (SSSR count). The molecular weight excluding hydrogens is 201 g/mol. The van der Waals surface area contributed by atoms with Crippen molar-refractivity contribution in [3.05, 3.63) is 0 Å². The summed E-state index contributed by atoms with van der Waals surface area (Å²) in [4.78, 5) is 0. The van der Waals surface area contributed by atoms with Crippen molar-refractivity contribution < 1.29 is 5.11 Å². The summed E-state index contributed by atoms with van der Waals surface area (Å²) in [6.45, 7) is 3.73. The quantitative estimate of drug-likeness (QED) is 0.601. The van der Waals surface area contributed by atoms with Gasteiger partial charge in [-0.1, -0.05) is 6.92 Å². The van der Waals surface area contributed by atoms with Gasteiger partial charge in [0.1, 0.15) is 0 Å². The predicted molar refractivity (Wildman–Crippen MR) is 30.5 cm³/mol. The molecule has 36 valence electrons. The Balaban J connectivity index is 0. The Labute approximate surface area is 79.2 Å². The number of rotatable bonds is 1. The van der Waals surface area contributed by atoms with Crippen molar-refractivity contribution in [2.45, 2.75) is 26.4 Å². The van der Waals surface area contributed by atoms with E-state index in [1.54, 1.807) is 6.92 Å². The molecule has 0 amide bonds. The van der Waals surface area contributed by atoms with E-state index < -0.39 is 0 Å². The summed E-state index contributed by atoms with van der Waals surface area (Å²) in [6, 6.07) is 0. The summed E-state index contributed by atoms with van der Waals surface area (Å²) in [5, 5.41) is 8.36. The normalized spacial score (nSPS) is 12.5. The summed E-state index contributed by atoms with van der Waals surface area (Å²) in [7, 11) is 0. The Morgan fingerprint density at radius 1 is 1.67 bits per heavy atom. The second-order valence-corrected chi connectivity index (χ2v) is 1.26. The van der Waals surface area contributed by atoms with E-state index in [1.165, 1.54) is 0 Å². The van der Waals surface area contributed by atoms with E-state index in [9.17, 15) is 0 Å². The zero-order chi connectivity index (χ0) is 4.28. The SMILES string of the molecule is CCC(C)O.[BaH2]. The molecule has 0 aliphatic heterocycles. The molecule has 0 spiro atoms. The first kappa shape index (κ1) is 10.5. The van der Waals surface area contributed by atoms with Crippen LogP contribution in [0.1, 0.15) is 20.3 Å². The van der Waals surface area contributed by atoms with E-state index in [1.807, 2.05) is 6.92 Å². The molecule has 6 heavy (non-hydrogen) atoms. The van der Waals surface area contributed by atoms with Crippen molar-refractivity contribution in [2.24, 2.45) is 0 Å². The van der Waals surface area contributed by atoms with Gasteiger partial charge in [0.25, 0.3) is 0 Å². The van der Waals surface area contributed by atoms with Crippen LogP contribution >= 0.6 is 0 Å². The van der Waals surface area contributed by atoms with Crippen LogP contribution in [0.15, 0.2) is 0 Å². The van der Waals surface area contributed by atoms with Gasteiger partial charge in [0.15, 0.2) is 0 Å². The topological polar surface area (TPSA) is 20.2 Å². The van der Waals surface area contributed by atoms with Crippen molar-refractivity contribution in [1.82, 2.24) is 0 Å². The third kappa shape index (κ3) is 9.11. The predicted octanol–water partition coefficient (Wildman–Crippen LogP) is -0.139. The third-order valence-electron chi connectivity index (χ3n) is 0.591. The van der Waals surface area contributed by atoms with E-state index in [0.29, 0.717) is 0 Å². The van der Waals surface area contributed by atoms with Gasteiger partial charge in [-0.3, -0.25) is 0 Å². The van der Waals surface area contributed by atoms with Crippen LogP contribution in [0.4, 0.5) is 0 Å². The Morgan fingerprint density at radius 2 is 1.83 bits per heavy atom. The third-order valence-corrected chi connectivity index (χ3v) is 0.591. The fourth-order valence-corrected chi connectivity index (χ4v) is 0. The van der Waals surface area contributed by atoms with Gasteiger partial charge in [0, 0.05) is 0 Å². The molecule has 1 nitrogen and oxygen atoms in total. The summed E-state index contributed by atoms with van der Waals surface area (Å²) < 4.78 is 0. The minimum atomic E-state index is -0.116. The van der Waals surface area contributed by atoms with E-state index in [0.717, 1.165) is 6.42 Å². The molecule has 0 aromatic carbocycles. The van der Waals surface area contributed by atoms with E-state index in [4.69, 9.17) is 5.11 Å². The van der Waals surface area contributed by atoms with Crippen LogP contribution in [0.3, 0.4) is 0 Å². The summed E-state index contributed by atoms with van der Waals surface area (Å²) in [5.41, 5.74) is 0. The van der Waals surface area contributed by atoms with Crippen molar-refractivity contribution in [3.63, 3.8) is 0 Å². The fourth-order valence-electron chi connectivity index (χ4n) is 0. The Morgan fingerprint density at radius 3 is 1.83 bits per heavy atom. The van der Waals surface area contributed by atoms with Crippen LogP contribution in [0.25, 0.3) is 0 Å². The molecule has 1 atom stereocenters. The molecule has 0 bridgehead atoms. The number of hydrogen-bond donors (Lipinski definition) is 1. The minimum absolute atomic E-state index is 0. The number of aliphatic hydroxyl groups excluding tert-OH is 1. The van der Waals surface area contributed by atoms with Gasteiger partial charge >= 0.3 is 48.9 Å². The van der Waals surface area contributed by atoms with Gasteiger partial charge in [0.05, 0.1) is 6.10 Å². The van der Waals surface area contributed by atoms with Crippen molar-refractivity contribution in [1.29, 1.82) is 0 Å². The van der Waals surface area contributed by atoms with Crippen molar-refractivity contribution >= 4 is 48.9 Å². The first-order chi connectivity index (χ1) is 2.27. The van der Waals surface area contributed by atoms with Crippen molar-refractivity contribution in [2.75, 3.05) is 0 Å². The van der Waals surface area contributed by atoms with Crippen LogP contribution in [0.5, 0.6) is 0 Å². The molecule has 0 aliphatic carbocycles. The Hall–Kier alpha value is 1.53. The number of hydrogen-bond acceptors (Lipinski definition) is 1. The molecule has 1 N–H and O–H groups in total. The summed E-state index contributed by atoms with van der Waals surface area (Å²) >= 11 is 0. The Bertz CT molecular complexity index is 21.5. The van der Waals surface area contributed by atoms with Gasteiger partial charge in [0.2, 0.25) is 0 Å². The molecule has 0 fully saturated rings. The zero-order valence-electron chi connectivity index (χ0n) is 3.73. The van der Waals surface area contributed by atoms with Crippen LogP contribution in [0, 0.1) is 0 Å². The average molecular weight is 213 g/mol. The zero-order valence-corrected chi connectivity index (χ0v) is 3.73. The Kier molecular flexibility index (Phi) is 11.4. The van der Waals surface area contributed by atoms with E-state index in [2.05, 4.69) is 0 Å². The molecule has 0 radical (unpaired) electrons. The molecule has 0 heterocycles. The first-order valence-corrected chi connectivity index (χ1v) is 1.95. The van der Waals surface area contributed by atoms with Gasteiger partial charge in [-0.05, 0) is 13.3 Å². The monoisotopic (exact) mass is 214 g/mol. The fraction of sp³-hybridized carbons (Fsp3) is 1.00. The molecule has 0 aliphatic rings. The van der Waals surface area contributed by atoms with Gasteiger partial charge in [-0.15, -0.1) is 0 Å². The van der Waals surface area contributed by atoms with Crippen LogP contribution in [-0.4, -0.2) is 60.1 Å². The maximum absolute atomic E-state index is 8.36. The summed E-state index contributed by atoms with van der Waals surface area (Å²) in [6.07, 6.45) is 0.745. The van der Waals surface area contributed by atoms with Crippen LogP contribution < -0.4 is 0 Å². The van der Waals surface area contributed by atoms with Gasteiger partial charge in [-0.25, -0.2) is 0 Å². The van der Waals surface area contributed by atoms with Gasteiger partial charge < -0.3 is 5.11 Å². The number of aliphatic hydroxyl groups is 1. The van der Waals surface area contributed by atoms with Crippen LogP contribution in [-0.2, 0) is 0 Å². The molecule has 0 aromatic rings. The summed E-state index contributed by atoms with van der Waals surface area (Å²) in [5.74, 6) is 0. The maximum atomic E-state index is 8.36. The molecular formula is C4H12BaO. The van der Waals surface area contributed by atoms with E-state index >= 15 is 0 Å².